The summed E-state index contributed by atoms with van der Waals surface area (Å²) < 4.78 is 10.0. The molecule has 1 atom stereocenters. The molecule has 4 nitrogen and oxygen atoms in total. The van der Waals surface area contributed by atoms with E-state index in [1.165, 1.54) is 86.2 Å². The lowest BCUT2D eigenvalue weighted by atomic mass is 10.1. The fourth-order valence-electron chi connectivity index (χ4n) is 5.13. The first kappa shape index (κ1) is 99.9. The van der Waals surface area contributed by atoms with Crippen molar-refractivity contribution in [1.29, 1.82) is 0 Å². The van der Waals surface area contributed by atoms with E-state index < -0.39 is 0 Å². The van der Waals surface area contributed by atoms with Crippen molar-refractivity contribution in [2.75, 3.05) is 49.4 Å². The fraction of sp³-hybridized carbons (Fsp3) is 0.693. The van der Waals surface area contributed by atoms with Crippen molar-refractivity contribution in [3.63, 3.8) is 0 Å². The zero-order chi connectivity index (χ0) is 63.8. The number of thioether (sulfide) groups is 2. The Kier molecular flexibility index (Phi) is 143. The van der Waals surface area contributed by atoms with Gasteiger partial charge in [-0.1, -0.05) is 247 Å². The third-order valence-electron chi connectivity index (χ3n) is 9.62. The van der Waals surface area contributed by atoms with E-state index in [0.717, 1.165) is 89.8 Å². The Hall–Kier alpha value is -3.15. The SMILES string of the molecule is C/C=C/CCC(=O)CC.C/C=C/CCC(O)CC.CC.CC.CC/C=C\CCCC.CC/C=C\COCC.CC/C=C\CSCC.CCC#CCCCC.CCC#CCOCC.CCC#CCSCC.CCCc1cccc(CC)c1. The number of ether oxygens (including phenoxy) is 2. The molecule has 1 rings (SSSR count). The van der Waals surface area contributed by atoms with Gasteiger partial charge >= 0.3 is 0 Å². The molecule has 0 bridgehead atoms. The van der Waals surface area contributed by atoms with Gasteiger partial charge in [0.25, 0.3) is 0 Å². The number of allylic oxidation sites excluding steroid dienone is 8. The summed E-state index contributed by atoms with van der Waals surface area (Å²) in [6.45, 7) is 48.6. The summed E-state index contributed by atoms with van der Waals surface area (Å²) in [7, 11) is 0. The maximum Gasteiger partial charge on any atom is 0.132 e. The van der Waals surface area contributed by atoms with E-state index in [0.29, 0.717) is 25.2 Å². The normalized spacial score (nSPS) is 9.77. The van der Waals surface area contributed by atoms with Crippen LogP contribution in [-0.4, -0.2) is 66.4 Å². The fourth-order valence-corrected chi connectivity index (χ4v) is 6.04. The smallest absolute Gasteiger partial charge is 0.132 e. The molecule has 0 aliphatic heterocycles. The van der Waals surface area contributed by atoms with Crippen molar-refractivity contribution in [3.05, 3.63) is 96.2 Å². The summed E-state index contributed by atoms with van der Waals surface area (Å²) in [6, 6.07) is 8.87. The first-order valence-corrected chi connectivity index (χ1v) is 34.9. The molecule has 6 heteroatoms. The van der Waals surface area contributed by atoms with Crippen LogP contribution in [0.1, 0.15) is 285 Å². The lowest BCUT2D eigenvalue weighted by Gasteiger charge is -2.02. The highest BCUT2D eigenvalue weighted by atomic mass is 32.2. The van der Waals surface area contributed by atoms with Crippen LogP contribution in [-0.2, 0) is 27.1 Å². The highest BCUT2D eigenvalue weighted by Gasteiger charge is 1.96. The summed E-state index contributed by atoms with van der Waals surface area (Å²) in [5, 5.41) is 9.05. The standard InChI is InChI=1S/C11H16.C8H16O.C8H14O.C8H16.C8H14.C7H14O.C7H12O.C7H14S.C7H12S.2C2H6/c1-3-6-11-8-5-7-10(4-2)9-11;2*1-3-5-6-7-8(9)4-2;2*1-3-5-7-8-6-4-2;4*1-3-5-6-7-8-4-2;2*1-2/h5,7-9H,3-4,6H2,1-2H3;3,5,8-9H,4,6-7H2,1-2H3;3,5H,4,6-7H2,1-2H3;5,7H,3-4,6,8H2,1-2H3;3-5,7H2,1-2H3;5-6H,3-4,7H2,1-2H3;3-4,7H2,1-2H3;5-6H,3-4,7H2,1-2H3;3-4,7H2,1-2H3;2*1-2H3/b;2*5-3+;7-5-;;6-5-;;6-5-;;;. The number of benzene rings is 1. The van der Waals surface area contributed by atoms with E-state index >= 15 is 0 Å². The second kappa shape index (κ2) is 116. The maximum atomic E-state index is 10.7. The van der Waals surface area contributed by atoms with Crippen LogP contribution < -0.4 is 0 Å². The third-order valence-corrected chi connectivity index (χ3v) is 11.2. The maximum absolute atomic E-state index is 10.7. The van der Waals surface area contributed by atoms with Gasteiger partial charge in [-0.05, 0) is 121 Å². The van der Waals surface area contributed by atoms with Gasteiger partial charge in [-0.2, -0.15) is 11.8 Å². The predicted octanol–water partition coefficient (Wildman–Crippen LogP) is 23.7. The van der Waals surface area contributed by atoms with Crippen molar-refractivity contribution in [3.8, 4) is 35.5 Å². The van der Waals surface area contributed by atoms with Gasteiger partial charge in [0, 0.05) is 57.5 Å². The topological polar surface area (TPSA) is 55.8 Å². The summed E-state index contributed by atoms with van der Waals surface area (Å²) in [4.78, 5) is 10.7. The van der Waals surface area contributed by atoms with Gasteiger partial charge in [0.15, 0.2) is 0 Å². The number of carbonyl (C=O) groups excluding carboxylic acids is 1. The molecule has 1 unspecified atom stereocenters. The largest absolute Gasteiger partial charge is 0.393 e. The van der Waals surface area contributed by atoms with Crippen molar-refractivity contribution in [2.45, 2.75) is 293 Å². The summed E-state index contributed by atoms with van der Waals surface area (Å²) in [6.07, 6.45) is 43.7. The van der Waals surface area contributed by atoms with E-state index in [2.05, 4.69) is 172 Å². The van der Waals surface area contributed by atoms with Gasteiger partial charge in [0.05, 0.1) is 18.5 Å². The predicted molar refractivity (Wildman–Crippen MR) is 383 cm³/mol. The number of rotatable bonds is 29. The summed E-state index contributed by atoms with van der Waals surface area (Å²) in [5.74, 6) is 22.9. The lowest BCUT2D eigenvalue weighted by Crippen LogP contribution is -2.02. The zero-order valence-corrected chi connectivity index (χ0v) is 59.8. The zero-order valence-electron chi connectivity index (χ0n) is 58.2. The average molecular weight is 1170 g/mol. The minimum atomic E-state index is -0.0961. The quantitative estimate of drug-likeness (QED) is 0.0490. The number of Topliss-reactive ketones (excluding diaryl/α,β-unsaturated/α-hetero) is 1. The molecular weight excluding hydrogens is 1030 g/mol. The van der Waals surface area contributed by atoms with Crippen LogP contribution in [0.5, 0.6) is 0 Å². The van der Waals surface area contributed by atoms with Crippen LogP contribution in [0, 0.1) is 35.5 Å². The Bertz CT molecular complexity index is 1440. The Labute approximate surface area is 520 Å². The second-order valence-electron chi connectivity index (χ2n) is 16.7. The van der Waals surface area contributed by atoms with Crippen LogP contribution in [0.25, 0.3) is 0 Å². The molecule has 0 aromatic heterocycles. The van der Waals surface area contributed by atoms with E-state index in [4.69, 9.17) is 14.6 Å². The second-order valence-corrected chi connectivity index (χ2v) is 19.3. The van der Waals surface area contributed by atoms with Gasteiger partial charge in [0.2, 0.25) is 0 Å². The number of aliphatic hydroxyl groups excluding tert-OH is 1. The molecule has 1 N–H and O–H groups in total. The summed E-state index contributed by atoms with van der Waals surface area (Å²) >= 11 is 3.84. The molecular formula is C75H140O4S2. The number of aliphatic hydroxyl groups is 1. The molecule has 476 valence electrons. The number of unbranched alkanes of at least 4 members (excludes halogenated alkanes) is 4. The molecule has 0 saturated heterocycles. The first-order valence-electron chi connectivity index (χ1n) is 32.6. The van der Waals surface area contributed by atoms with Gasteiger partial charge in [-0.15, -0.1) is 35.4 Å². The molecule has 0 radical (unpaired) electrons. The summed E-state index contributed by atoms with van der Waals surface area (Å²) in [5.41, 5.74) is 2.93. The monoisotopic (exact) mass is 1170 g/mol. The van der Waals surface area contributed by atoms with E-state index in [9.17, 15) is 4.79 Å². The van der Waals surface area contributed by atoms with Crippen molar-refractivity contribution < 1.29 is 19.4 Å². The van der Waals surface area contributed by atoms with Crippen molar-refractivity contribution in [2.24, 2.45) is 0 Å². The van der Waals surface area contributed by atoms with Crippen molar-refractivity contribution in [1.82, 2.24) is 0 Å². The van der Waals surface area contributed by atoms with Crippen LogP contribution >= 0.6 is 23.5 Å². The molecule has 0 spiro atoms. The Morgan fingerprint density at radius 3 is 1.58 bits per heavy atom. The minimum absolute atomic E-state index is 0.0961. The number of ketones is 1. The van der Waals surface area contributed by atoms with Crippen LogP contribution in [0.15, 0.2) is 85.0 Å². The highest BCUT2D eigenvalue weighted by Crippen LogP contribution is 2.08. The molecule has 0 fully saturated rings. The Morgan fingerprint density at radius 1 is 0.568 bits per heavy atom. The molecule has 0 amide bonds. The van der Waals surface area contributed by atoms with E-state index in [1.54, 1.807) is 0 Å². The molecule has 0 aliphatic rings. The number of aryl methyl sites for hydroxylation is 2. The third kappa shape index (κ3) is 138. The number of hydrogen-bond acceptors (Lipinski definition) is 6. The van der Waals surface area contributed by atoms with Crippen LogP contribution in [0.3, 0.4) is 0 Å². The molecule has 1 aromatic carbocycles. The van der Waals surface area contributed by atoms with Crippen molar-refractivity contribution >= 4 is 29.3 Å². The Balaban J connectivity index is -0.0000000870. The average Bonchev–Trinajstić information content (AvgIpc) is 3.50. The van der Waals surface area contributed by atoms with Gasteiger partial charge in [-0.3, -0.25) is 4.79 Å². The molecule has 1 aromatic rings. The van der Waals surface area contributed by atoms with Gasteiger partial charge < -0.3 is 14.6 Å². The van der Waals surface area contributed by atoms with Crippen LogP contribution in [0.2, 0.25) is 0 Å². The molecule has 0 aliphatic carbocycles. The highest BCUT2D eigenvalue weighted by molar-refractivity contribution is 7.99. The van der Waals surface area contributed by atoms with Gasteiger partial charge in [-0.25, -0.2) is 0 Å². The number of carbonyl (C=O) groups is 1. The lowest BCUT2D eigenvalue weighted by molar-refractivity contribution is -0.118. The van der Waals surface area contributed by atoms with Gasteiger partial charge in [0.1, 0.15) is 12.4 Å². The molecule has 0 saturated carbocycles. The first-order chi connectivity index (χ1) is 39.5. The molecule has 0 heterocycles. The number of hydrogen-bond donors (Lipinski definition) is 1. The minimum Gasteiger partial charge on any atom is -0.393 e. The van der Waals surface area contributed by atoms with E-state index in [1.807, 2.05) is 124 Å². The van der Waals surface area contributed by atoms with E-state index in [-0.39, 0.29) is 6.10 Å². The Morgan fingerprint density at radius 2 is 1.10 bits per heavy atom. The van der Waals surface area contributed by atoms with Crippen LogP contribution in [0.4, 0.5) is 0 Å². The molecule has 81 heavy (non-hydrogen) atoms.